The minimum atomic E-state index is 0. The molecule has 0 aromatic heterocycles. The lowest BCUT2D eigenvalue weighted by Crippen LogP contribution is -2.35. The summed E-state index contributed by atoms with van der Waals surface area (Å²) in [5.74, 6) is 1.76. The van der Waals surface area contributed by atoms with Gasteiger partial charge in [0, 0.05) is 25.2 Å². The molecule has 0 aliphatic carbocycles. The third-order valence-corrected chi connectivity index (χ3v) is 3.46. The van der Waals surface area contributed by atoms with Gasteiger partial charge < -0.3 is 11.0 Å². The van der Waals surface area contributed by atoms with Gasteiger partial charge in [-0.1, -0.05) is 13.8 Å². The molecule has 1 fully saturated rings. The van der Waals surface area contributed by atoms with Crippen molar-refractivity contribution in [1.29, 1.82) is 0 Å². The maximum atomic E-state index is 2.46. The average molecular weight is 224 g/mol. The Morgan fingerprint density at radius 2 is 1.71 bits per heavy atom. The SMILES string of the molecule is CC1CCN(SN(C)C)CC1C.O.O. The summed E-state index contributed by atoms with van der Waals surface area (Å²) in [6.45, 7) is 7.20. The number of rotatable bonds is 2. The van der Waals surface area contributed by atoms with E-state index in [4.69, 9.17) is 0 Å². The fourth-order valence-corrected chi connectivity index (χ4v) is 2.48. The van der Waals surface area contributed by atoms with Gasteiger partial charge in [0.1, 0.15) is 0 Å². The summed E-state index contributed by atoms with van der Waals surface area (Å²) in [4.78, 5) is 0. The average Bonchev–Trinajstić information content (AvgIpc) is 1.96. The summed E-state index contributed by atoms with van der Waals surface area (Å²) in [5.41, 5.74) is 0. The third-order valence-electron chi connectivity index (χ3n) is 2.58. The van der Waals surface area contributed by atoms with Crippen LogP contribution in [-0.4, -0.2) is 46.7 Å². The smallest absolute Gasteiger partial charge is 0.0130 e. The van der Waals surface area contributed by atoms with Crippen molar-refractivity contribution in [2.24, 2.45) is 11.8 Å². The summed E-state index contributed by atoms with van der Waals surface area (Å²) in [5, 5.41) is 0. The molecule has 0 saturated carbocycles. The maximum Gasteiger partial charge on any atom is 0.0130 e. The van der Waals surface area contributed by atoms with E-state index in [9.17, 15) is 0 Å². The van der Waals surface area contributed by atoms with Crippen LogP contribution in [0.5, 0.6) is 0 Å². The molecule has 0 spiro atoms. The molecule has 0 aromatic rings. The molecule has 2 unspecified atom stereocenters. The van der Waals surface area contributed by atoms with E-state index < -0.39 is 0 Å². The van der Waals surface area contributed by atoms with Crippen LogP contribution in [0.25, 0.3) is 0 Å². The van der Waals surface area contributed by atoms with Gasteiger partial charge in [-0.25, -0.2) is 8.61 Å². The first-order chi connectivity index (χ1) is 5.59. The number of hydrogen-bond acceptors (Lipinski definition) is 3. The number of nitrogens with zero attached hydrogens (tertiary/aromatic N) is 2. The fraction of sp³-hybridized carbons (Fsp3) is 1.00. The zero-order valence-electron chi connectivity index (χ0n) is 9.58. The van der Waals surface area contributed by atoms with Crippen molar-refractivity contribution >= 4 is 12.1 Å². The molecule has 1 aliphatic rings. The van der Waals surface area contributed by atoms with Gasteiger partial charge in [0.25, 0.3) is 0 Å². The summed E-state index contributed by atoms with van der Waals surface area (Å²) >= 11 is 1.85. The van der Waals surface area contributed by atoms with E-state index in [1.165, 1.54) is 19.5 Å². The molecule has 1 aliphatic heterocycles. The zero-order chi connectivity index (χ0) is 9.14. The fourth-order valence-electron chi connectivity index (χ4n) is 1.53. The summed E-state index contributed by atoms with van der Waals surface area (Å²) in [6, 6.07) is 0. The minimum absolute atomic E-state index is 0. The van der Waals surface area contributed by atoms with E-state index in [-0.39, 0.29) is 11.0 Å². The van der Waals surface area contributed by atoms with Gasteiger partial charge in [0.15, 0.2) is 0 Å². The minimum Gasteiger partial charge on any atom is -0.412 e. The molecule has 0 radical (unpaired) electrons. The Kier molecular flexibility index (Phi) is 8.87. The molecule has 1 rings (SSSR count). The van der Waals surface area contributed by atoms with Crippen LogP contribution < -0.4 is 0 Å². The first-order valence-electron chi connectivity index (χ1n) is 4.70. The monoisotopic (exact) mass is 224 g/mol. The molecule has 4 N–H and O–H groups in total. The summed E-state index contributed by atoms with van der Waals surface area (Å²) in [6.07, 6.45) is 1.35. The van der Waals surface area contributed by atoms with Crippen LogP contribution in [0.1, 0.15) is 20.3 Å². The van der Waals surface area contributed by atoms with Gasteiger partial charge in [-0.05, 0) is 32.4 Å². The Labute approximate surface area is 91.5 Å². The van der Waals surface area contributed by atoms with Crippen molar-refractivity contribution in [3.63, 3.8) is 0 Å². The topological polar surface area (TPSA) is 69.5 Å². The molecule has 5 heteroatoms. The van der Waals surface area contributed by atoms with Crippen LogP contribution in [0.2, 0.25) is 0 Å². The van der Waals surface area contributed by atoms with Crippen LogP contribution >= 0.6 is 12.1 Å². The van der Waals surface area contributed by atoms with Gasteiger partial charge in [-0.3, -0.25) is 0 Å². The quantitative estimate of drug-likeness (QED) is 0.639. The van der Waals surface area contributed by atoms with Crippen LogP contribution in [0.4, 0.5) is 0 Å². The maximum absolute atomic E-state index is 2.46. The van der Waals surface area contributed by atoms with E-state index in [2.05, 4.69) is 36.6 Å². The second kappa shape index (κ2) is 7.48. The van der Waals surface area contributed by atoms with E-state index in [0.29, 0.717) is 0 Å². The van der Waals surface area contributed by atoms with Gasteiger partial charge in [0.05, 0.1) is 0 Å². The van der Waals surface area contributed by atoms with Crippen molar-refractivity contribution in [2.45, 2.75) is 20.3 Å². The Morgan fingerprint density at radius 3 is 2.14 bits per heavy atom. The number of piperidine rings is 1. The molecule has 0 amide bonds. The predicted molar refractivity (Wildman–Crippen MR) is 63.0 cm³/mol. The molecule has 4 nitrogen and oxygen atoms in total. The number of hydrogen-bond donors (Lipinski definition) is 0. The van der Waals surface area contributed by atoms with Crippen LogP contribution in [0.15, 0.2) is 0 Å². The van der Waals surface area contributed by atoms with Gasteiger partial charge >= 0.3 is 0 Å². The van der Waals surface area contributed by atoms with E-state index >= 15 is 0 Å². The Bertz CT molecular complexity index is 147. The summed E-state index contributed by atoms with van der Waals surface area (Å²) in [7, 11) is 4.21. The zero-order valence-corrected chi connectivity index (χ0v) is 10.4. The van der Waals surface area contributed by atoms with Gasteiger partial charge in [-0.15, -0.1) is 0 Å². The van der Waals surface area contributed by atoms with Crippen molar-refractivity contribution < 1.29 is 11.0 Å². The molecular weight excluding hydrogens is 200 g/mol. The second-order valence-electron chi connectivity index (χ2n) is 4.03. The molecule has 1 heterocycles. The van der Waals surface area contributed by atoms with Crippen LogP contribution in [-0.2, 0) is 0 Å². The lowest BCUT2D eigenvalue weighted by molar-refractivity contribution is 0.221. The molecule has 14 heavy (non-hydrogen) atoms. The van der Waals surface area contributed by atoms with E-state index in [1.807, 2.05) is 12.1 Å². The third kappa shape index (κ3) is 5.17. The Balaban J connectivity index is 0. The first-order valence-corrected chi connectivity index (χ1v) is 5.43. The largest absolute Gasteiger partial charge is 0.412 e. The highest BCUT2D eigenvalue weighted by Gasteiger charge is 2.23. The molecule has 88 valence electrons. The van der Waals surface area contributed by atoms with Crippen molar-refractivity contribution in [3.8, 4) is 0 Å². The molecule has 1 saturated heterocycles. The van der Waals surface area contributed by atoms with Crippen molar-refractivity contribution in [2.75, 3.05) is 27.2 Å². The van der Waals surface area contributed by atoms with Crippen LogP contribution in [0.3, 0.4) is 0 Å². The molecule has 2 atom stereocenters. The van der Waals surface area contributed by atoms with Gasteiger partial charge in [0.2, 0.25) is 0 Å². The normalized spacial score (nSPS) is 28.1. The second-order valence-corrected chi connectivity index (χ2v) is 5.44. The molecular formula is C9H24N2O2S. The van der Waals surface area contributed by atoms with E-state index in [0.717, 1.165) is 11.8 Å². The van der Waals surface area contributed by atoms with Gasteiger partial charge in [-0.2, -0.15) is 0 Å². The highest BCUT2D eigenvalue weighted by molar-refractivity contribution is 7.94. The summed E-state index contributed by atoms with van der Waals surface area (Å²) < 4.78 is 4.63. The molecule has 0 bridgehead atoms. The van der Waals surface area contributed by atoms with Crippen LogP contribution in [0, 0.1) is 11.8 Å². The lowest BCUT2D eigenvalue weighted by Gasteiger charge is -2.35. The lowest BCUT2D eigenvalue weighted by atomic mass is 9.90. The molecule has 0 aromatic carbocycles. The standard InChI is InChI=1S/C9H20N2S.2H2O/c1-8-5-6-11(7-9(8)2)12-10(3)4;;/h8-9H,5-7H2,1-4H3;2*1H2. The van der Waals surface area contributed by atoms with E-state index in [1.54, 1.807) is 0 Å². The van der Waals surface area contributed by atoms with Crippen molar-refractivity contribution in [3.05, 3.63) is 0 Å². The highest BCUT2D eigenvalue weighted by Crippen LogP contribution is 2.27. The highest BCUT2D eigenvalue weighted by atomic mass is 32.2. The predicted octanol–water partition coefficient (Wildman–Crippen LogP) is 0.440. The van der Waals surface area contributed by atoms with Crippen molar-refractivity contribution in [1.82, 2.24) is 8.61 Å². The Hall–Kier alpha value is 0.190. The Morgan fingerprint density at radius 1 is 1.14 bits per heavy atom. The first kappa shape index (κ1) is 16.6.